The lowest BCUT2D eigenvalue weighted by molar-refractivity contribution is 0.102. The molecule has 0 spiro atoms. The summed E-state index contributed by atoms with van der Waals surface area (Å²) < 4.78 is 15.4. The fourth-order valence-electron chi connectivity index (χ4n) is 1.86. The van der Waals surface area contributed by atoms with Crippen LogP contribution in [0.3, 0.4) is 0 Å². The van der Waals surface area contributed by atoms with Crippen LogP contribution in [0.25, 0.3) is 0 Å². The number of carbonyl (C=O) groups is 1. The van der Waals surface area contributed by atoms with E-state index in [0.29, 0.717) is 12.2 Å². The van der Waals surface area contributed by atoms with E-state index in [-0.39, 0.29) is 11.3 Å². The highest BCUT2D eigenvalue weighted by atomic mass is 19.1. The average Bonchev–Trinajstić information content (AvgIpc) is 2.77. The van der Waals surface area contributed by atoms with E-state index in [1.165, 1.54) is 12.1 Å². The molecule has 0 aliphatic heterocycles. The fourth-order valence-corrected chi connectivity index (χ4v) is 1.86. The van der Waals surface area contributed by atoms with Crippen LogP contribution < -0.4 is 0 Å². The fraction of sp³-hybridized carbons (Fsp3) is 0.286. The Bertz CT molecular complexity index is 575. The van der Waals surface area contributed by atoms with Crippen LogP contribution in [0.4, 0.5) is 4.39 Å². The van der Waals surface area contributed by atoms with E-state index in [9.17, 15) is 9.18 Å². The third-order valence-electron chi connectivity index (χ3n) is 2.75. The number of aryl methyl sites for hydroxylation is 2. The molecule has 4 heteroatoms. The molecule has 0 radical (unpaired) electrons. The summed E-state index contributed by atoms with van der Waals surface area (Å²) in [5.41, 5.74) is 1.32. The van der Waals surface area contributed by atoms with Crippen molar-refractivity contribution in [1.29, 1.82) is 0 Å². The van der Waals surface area contributed by atoms with Gasteiger partial charge in [-0.1, -0.05) is 13.0 Å². The summed E-state index contributed by atoms with van der Waals surface area (Å²) in [5, 5.41) is 4.07. The Hall–Kier alpha value is -1.97. The molecule has 0 fully saturated rings. The summed E-state index contributed by atoms with van der Waals surface area (Å²) in [6.07, 6.45) is 2.44. The number of hydrogen-bond donors (Lipinski definition) is 0. The molecule has 0 aliphatic carbocycles. The second-order valence-corrected chi connectivity index (χ2v) is 4.25. The Labute approximate surface area is 105 Å². The first kappa shape index (κ1) is 12.5. The lowest BCUT2D eigenvalue weighted by Crippen LogP contribution is -2.12. The van der Waals surface area contributed by atoms with E-state index < -0.39 is 5.82 Å². The first-order valence-corrected chi connectivity index (χ1v) is 5.96. The monoisotopic (exact) mass is 246 g/mol. The van der Waals surface area contributed by atoms with E-state index >= 15 is 0 Å². The quantitative estimate of drug-likeness (QED) is 0.777. The van der Waals surface area contributed by atoms with Crippen LogP contribution in [-0.4, -0.2) is 15.6 Å². The number of aromatic nitrogens is 2. The molecule has 0 amide bonds. The van der Waals surface area contributed by atoms with Crippen molar-refractivity contribution in [1.82, 2.24) is 9.78 Å². The van der Waals surface area contributed by atoms with E-state index in [0.717, 1.165) is 12.0 Å². The average molecular weight is 246 g/mol. The number of hydrogen-bond acceptors (Lipinski definition) is 2. The zero-order valence-electron chi connectivity index (χ0n) is 10.5. The molecule has 1 aromatic carbocycles. The molecular formula is C14H15FN2O. The van der Waals surface area contributed by atoms with Gasteiger partial charge in [0.1, 0.15) is 11.5 Å². The van der Waals surface area contributed by atoms with E-state index in [1.807, 2.05) is 6.92 Å². The minimum Gasteiger partial charge on any atom is -0.287 e. The maximum Gasteiger partial charge on any atom is 0.213 e. The molecule has 0 bridgehead atoms. The molecule has 1 heterocycles. The number of halogens is 1. The Kier molecular flexibility index (Phi) is 3.55. The number of benzene rings is 1. The molecule has 18 heavy (non-hydrogen) atoms. The predicted octanol–water partition coefficient (Wildman–Crippen LogP) is 2.97. The molecule has 0 atom stereocenters. The highest BCUT2D eigenvalue weighted by Gasteiger charge is 2.17. The van der Waals surface area contributed by atoms with Gasteiger partial charge in [-0.15, -0.1) is 0 Å². The molecule has 0 saturated carbocycles. The first-order valence-electron chi connectivity index (χ1n) is 5.96. The summed E-state index contributed by atoms with van der Waals surface area (Å²) >= 11 is 0. The number of rotatable bonds is 4. The van der Waals surface area contributed by atoms with E-state index in [4.69, 9.17) is 0 Å². The van der Waals surface area contributed by atoms with E-state index in [1.54, 1.807) is 29.9 Å². The minimum atomic E-state index is -0.482. The molecule has 94 valence electrons. The zero-order valence-corrected chi connectivity index (χ0v) is 10.5. The van der Waals surface area contributed by atoms with Crippen molar-refractivity contribution in [2.45, 2.75) is 26.8 Å². The Balaban J connectivity index is 2.38. The van der Waals surface area contributed by atoms with Gasteiger partial charge >= 0.3 is 0 Å². The second-order valence-electron chi connectivity index (χ2n) is 4.25. The lowest BCUT2D eigenvalue weighted by Gasteiger charge is -2.06. The smallest absolute Gasteiger partial charge is 0.213 e. The van der Waals surface area contributed by atoms with Crippen LogP contribution in [0, 0.1) is 12.7 Å². The van der Waals surface area contributed by atoms with Crippen LogP contribution in [-0.2, 0) is 6.54 Å². The van der Waals surface area contributed by atoms with Crippen molar-refractivity contribution >= 4 is 5.78 Å². The molecule has 0 N–H and O–H groups in total. The van der Waals surface area contributed by atoms with Gasteiger partial charge < -0.3 is 0 Å². The summed E-state index contributed by atoms with van der Waals surface area (Å²) in [4.78, 5) is 12.2. The third-order valence-corrected chi connectivity index (χ3v) is 2.75. The summed E-state index contributed by atoms with van der Waals surface area (Å²) in [5.74, 6) is -0.803. The number of carbonyl (C=O) groups excluding carboxylic acids is 1. The van der Waals surface area contributed by atoms with Crippen LogP contribution in [0.5, 0.6) is 0 Å². The van der Waals surface area contributed by atoms with Crippen molar-refractivity contribution in [2.24, 2.45) is 0 Å². The highest BCUT2D eigenvalue weighted by Crippen LogP contribution is 2.15. The molecule has 0 saturated heterocycles. The van der Waals surface area contributed by atoms with E-state index in [2.05, 4.69) is 5.10 Å². The summed E-state index contributed by atoms with van der Waals surface area (Å²) in [6.45, 7) is 4.45. The summed E-state index contributed by atoms with van der Waals surface area (Å²) in [7, 11) is 0. The third kappa shape index (κ3) is 2.32. The van der Waals surface area contributed by atoms with Crippen LogP contribution in [0.15, 0.2) is 30.5 Å². The zero-order chi connectivity index (χ0) is 13.1. The Morgan fingerprint density at radius 1 is 1.39 bits per heavy atom. The SMILES string of the molecule is CCCn1nccc1C(=O)c1ccc(C)cc1F. The topological polar surface area (TPSA) is 34.9 Å². The van der Waals surface area contributed by atoms with Gasteiger partial charge in [0.15, 0.2) is 0 Å². The van der Waals surface area contributed by atoms with Gasteiger partial charge in [0.2, 0.25) is 5.78 Å². The minimum absolute atomic E-state index is 0.0958. The van der Waals surface area contributed by atoms with Gasteiger partial charge in [-0.05, 0) is 37.1 Å². The molecule has 2 rings (SSSR count). The van der Waals surface area contributed by atoms with Crippen molar-refractivity contribution < 1.29 is 9.18 Å². The lowest BCUT2D eigenvalue weighted by atomic mass is 10.1. The summed E-state index contributed by atoms with van der Waals surface area (Å²) in [6, 6.07) is 6.25. The van der Waals surface area contributed by atoms with Gasteiger partial charge in [0, 0.05) is 12.7 Å². The molecule has 2 aromatic rings. The molecular weight excluding hydrogens is 231 g/mol. The Morgan fingerprint density at radius 3 is 2.83 bits per heavy atom. The van der Waals surface area contributed by atoms with Crippen molar-refractivity contribution in [3.63, 3.8) is 0 Å². The van der Waals surface area contributed by atoms with Crippen molar-refractivity contribution in [3.05, 3.63) is 53.1 Å². The highest BCUT2D eigenvalue weighted by molar-refractivity contribution is 6.08. The van der Waals surface area contributed by atoms with Gasteiger partial charge in [-0.3, -0.25) is 9.48 Å². The van der Waals surface area contributed by atoms with Crippen LogP contribution in [0.2, 0.25) is 0 Å². The van der Waals surface area contributed by atoms with Gasteiger partial charge in [0.05, 0.1) is 5.56 Å². The number of nitrogens with zero attached hydrogens (tertiary/aromatic N) is 2. The van der Waals surface area contributed by atoms with Gasteiger partial charge in [-0.2, -0.15) is 5.10 Å². The Morgan fingerprint density at radius 2 is 2.17 bits per heavy atom. The van der Waals surface area contributed by atoms with Crippen molar-refractivity contribution in [2.75, 3.05) is 0 Å². The standard InChI is InChI=1S/C14H15FN2O/c1-3-8-17-13(6-7-16-17)14(18)11-5-4-10(2)9-12(11)15/h4-7,9H,3,8H2,1-2H3. The second kappa shape index (κ2) is 5.12. The van der Waals surface area contributed by atoms with Crippen molar-refractivity contribution in [3.8, 4) is 0 Å². The molecule has 0 unspecified atom stereocenters. The molecule has 3 nitrogen and oxygen atoms in total. The van der Waals surface area contributed by atoms with Gasteiger partial charge in [-0.25, -0.2) is 4.39 Å². The maximum atomic E-state index is 13.8. The van der Waals surface area contributed by atoms with Crippen LogP contribution in [0.1, 0.15) is 35.0 Å². The maximum absolute atomic E-state index is 13.8. The molecule has 0 aliphatic rings. The number of ketones is 1. The predicted molar refractivity (Wildman–Crippen MR) is 67.1 cm³/mol. The van der Waals surface area contributed by atoms with Gasteiger partial charge in [0.25, 0.3) is 0 Å². The largest absolute Gasteiger partial charge is 0.287 e. The normalized spacial score (nSPS) is 10.6. The molecule has 1 aromatic heterocycles. The van der Waals surface area contributed by atoms with Crippen LogP contribution >= 0.6 is 0 Å². The first-order chi connectivity index (χ1) is 8.63.